The van der Waals surface area contributed by atoms with E-state index in [0.29, 0.717) is 0 Å². The number of hydrogen-bond acceptors (Lipinski definition) is 2. The maximum absolute atomic E-state index is 5.29. The van der Waals surface area contributed by atoms with Crippen LogP contribution in [0.2, 0.25) is 0 Å². The van der Waals surface area contributed by atoms with Crippen molar-refractivity contribution in [3.63, 3.8) is 0 Å². The van der Waals surface area contributed by atoms with Crippen molar-refractivity contribution in [1.29, 1.82) is 0 Å². The van der Waals surface area contributed by atoms with E-state index in [1.165, 1.54) is 63.7 Å². The lowest BCUT2D eigenvalue weighted by Crippen LogP contribution is -1.97. The maximum Gasteiger partial charge on any atom is 0.147 e. The molecule has 4 heterocycles. The average molecular weight is 540 g/mol. The zero-order valence-electron chi connectivity index (χ0n) is 21.9. The van der Waals surface area contributed by atoms with Crippen molar-refractivity contribution in [3.05, 3.63) is 127 Å². The lowest BCUT2D eigenvalue weighted by molar-refractivity contribution is 1.19. The van der Waals surface area contributed by atoms with Crippen LogP contribution >= 0.6 is 11.3 Å². The minimum atomic E-state index is 1.02. The Hall–Kier alpha value is -5.19. The third-order valence-corrected chi connectivity index (χ3v) is 9.80. The van der Waals surface area contributed by atoms with Gasteiger partial charge in [-0.25, -0.2) is 4.98 Å². The van der Waals surface area contributed by atoms with E-state index in [4.69, 9.17) is 4.98 Å². The number of nitrogens with zero attached hydrogens (tertiary/aromatic N) is 3. The molecule has 0 unspecified atom stereocenters. The van der Waals surface area contributed by atoms with Gasteiger partial charge in [-0.05, 0) is 53.9 Å². The van der Waals surface area contributed by atoms with Gasteiger partial charge < -0.3 is 4.57 Å². The molecule has 0 atom stereocenters. The summed E-state index contributed by atoms with van der Waals surface area (Å²) in [6.07, 6.45) is 0. The van der Waals surface area contributed by atoms with Gasteiger partial charge in [0.1, 0.15) is 5.65 Å². The van der Waals surface area contributed by atoms with Gasteiger partial charge in [0, 0.05) is 47.4 Å². The molecule has 0 spiro atoms. The zero-order chi connectivity index (χ0) is 26.7. The summed E-state index contributed by atoms with van der Waals surface area (Å²) in [7, 11) is 0. The van der Waals surface area contributed by atoms with Crippen LogP contribution in [0.1, 0.15) is 0 Å². The Balaban J connectivity index is 1.59. The van der Waals surface area contributed by atoms with Gasteiger partial charge in [0.2, 0.25) is 0 Å². The standard InChI is InChI=1S/C37H21N3S/c1-2-10-22(11-3-1)39-28-15-7-4-12-23(28)24-18-20-30-33(36(24)39)26-19-21-32-34(25-13-5-9-17-31(25)41-32)35(26)37-38-27-14-6-8-16-29(27)40(30)37/h1-21H. The average Bonchev–Trinajstić information content (AvgIpc) is 3.71. The molecule has 0 radical (unpaired) electrons. The van der Waals surface area contributed by atoms with Crippen molar-refractivity contribution in [2.45, 2.75) is 0 Å². The van der Waals surface area contributed by atoms with Crippen LogP contribution in [0.15, 0.2) is 127 Å². The Morgan fingerprint density at radius 2 is 1.20 bits per heavy atom. The van der Waals surface area contributed by atoms with Crippen molar-refractivity contribution in [2.75, 3.05) is 0 Å². The highest BCUT2D eigenvalue weighted by Crippen LogP contribution is 2.46. The molecule has 41 heavy (non-hydrogen) atoms. The molecule has 4 heteroatoms. The Morgan fingerprint density at radius 1 is 0.463 bits per heavy atom. The number of hydrogen-bond donors (Lipinski definition) is 0. The second-order valence-corrected chi connectivity index (χ2v) is 11.8. The fourth-order valence-electron chi connectivity index (χ4n) is 7.04. The molecule has 10 aromatic rings. The molecular weight excluding hydrogens is 518 g/mol. The molecule has 0 saturated heterocycles. The number of para-hydroxylation sites is 4. The summed E-state index contributed by atoms with van der Waals surface area (Å²) >= 11 is 1.86. The quantitative estimate of drug-likeness (QED) is 0.190. The fourth-order valence-corrected chi connectivity index (χ4v) is 8.15. The van der Waals surface area contributed by atoms with Gasteiger partial charge in [-0.15, -0.1) is 11.3 Å². The van der Waals surface area contributed by atoms with Crippen molar-refractivity contribution in [2.24, 2.45) is 0 Å². The van der Waals surface area contributed by atoms with Crippen LogP contribution in [0.5, 0.6) is 0 Å². The highest BCUT2D eigenvalue weighted by atomic mass is 32.1. The highest BCUT2D eigenvalue weighted by molar-refractivity contribution is 7.26. The number of fused-ring (bicyclic) bond motifs is 16. The van der Waals surface area contributed by atoms with Gasteiger partial charge in [0.05, 0.1) is 27.6 Å². The third kappa shape index (κ3) is 2.70. The molecule has 0 N–H and O–H groups in total. The molecule has 0 aliphatic rings. The number of benzene rings is 6. The molecule has 3 nitrogen and oxygen atoms in total. The smallest absolute Gasteiger partial charge is 0.147 e. The summed E-state index contributed by atoms with van der Waals surface area (Å²) in [5.74, 6) is 0. The van der Waals surface area contributed by atoms with E-state index >= 15 is 0 Å². The van der Waals surface area contributed by atoms with E-state index in [9.17, 15) is 0 Å². The van der Waals surface area contributed by atoms with Crippen molar-refractivity contribution >= 4 is 91.7 Å². The van der Waals surface area contributed by atoms with E-state index in [-0.39, 0.29) is 0 Å². The van der Waals surface area contributed by atoms with Gasteiger partial charge in [-0.1, -0.05) is 78.9 Å². The first-order chi connectivity index (χ1) is 20.4. The molecule has 0 fully saturated rings. The van der Waals surface area contributed by atoms with Crippen LogP contribution in [-0.4, -0.2) is 14.0 Å². The van der Waals surface area contributed by atoms with Gasteiger partial charge in [-0.3, -0.25) is 4.40 Å². The topological polar surface area (TPSA) is 22.2 Å². The minimum absolute atomic E-state index is 1.02. The molecule has 0 aliphatic carbocycles. The van der Waals surface area contributed by atoms with Crippen molar-refractivity contribution in [1.82, 2.24) is 14.0 Å². The Labute approximate surface area is 238 Å². The predicted octanol–water partition coefficient (Wildman–Crippen LogP) is 10.3. The van der Waals surface area contributed by atoms with Crippen LogP contribution in [0.3, 0.4) is 0 Å². The molecular formula is C37H21N3S. The fraction of sp³-hybridized carbons (Fsp3) is 0. The monoisotopic (exact) mass is 539 g/mol. The number of rotatable bonds is 1. The number of aromatic nitrogens is 3. The molecule has 6 aromatic carbocycles. The van der Waals surface area contributed by atoms with Crippen LogP contribution in [0.25, 0.3) is 86.0 Å². The first-order valence-corrected chi connectivity index (χ1v) is 14.7. The Bertz CT molecular complexity index is 2690. The summed E-state index contributed by atoms with van der Waals surface area (Å²) in [5.41, 5.74) is 7.95. The Kier molecular flexibility index (Phi) is 4.07. The second kappa shape index (κ2) is 7.72. The third-order valence-electron chi connectivity index (χ3n) is 8.67. The van der Waals surface area contributed by atoms with Crippen molar-refractivity contribution in [3.8, 4) is 5.69 Å². The number of imidazole rings is 1. The summed E-state index contributed by atoms with van der Waals surface area (Å²) < 4.78 is 7.45. The van der Waals surface area contributed by atoms with Gasteiger partial charge in [0.15, 0.2) is 0 Å². The lowest BCUT2D eigenvalue weighted by Gasteiger charge is -2.14. The first-order valence-electron chi connectivity index (χ1n) is 13.9. The summed E-state index contributed by atoms with van der Waals surface area (Å²) in [6.45, 7) is 0. The van der Waals surface area contributed by atoms with E-state index < -0.39 is 0 Å². The summed E-state index contributed by atoms with van der Waals surface area (Å²) in [6, 6.07) is 46.1. The van der Waals surface area contributed by atoms with Crippen LogP contribution in [0.4, 0.5) is 0 Å². The summed E-state index contributed by atoms with van der Waals surface area (Å²) in [5, 5.41) is 8.83. The van der Waals surface area contributed by atoms with Crippen LogP contribution in [-0.2, 0) is 0 Å². The highest BCUT2D eigenvalue weighted by Gasteiger charge is 2.22. The molecule has 0 bridgehead atoms. The van der Waals surface area contributed by atoms with Gasteiger partial charge >= 0.3 is 0 Å². The maximum atomic E-state index is 5.29. The predicted molar refractivity (Wildman–Crippen MR) is 175 cm³/mol. The van der Waals surface area contributed by atoms with E-state index in [0.717, 1.165) is 22.4 Å². The molecule has 0 aliphatic heterocycles. The van der Waals surface area contributed by atoms with Crippen LogP contribution < -0.4 is 0 Å². The lowest BCUT2D eigenvalue weighted by atomic mass is 9.99. The molecule has 0 amide bonds. The molecule has 4 aromatic heterocycles. The largest absolute Gasteiger partial charge is 0.309 e. The summed E-state index contributed by atoms with van der Waals surface area (Å²) in [4.78, 5) is 5.29. The van der Waals surface area contributed by atoms with E-state index in [2.05, 4.69) is 136 Å². The SMILES string of the molecule is c1ccc(-n2c3ccccc3c3ccc4c(c5ccc6sc7ccccc7c6c5c5nc6ccccc6n45)c32)cc1. The number of thiophene rings is 1. The molecule has 10 rings (SSSR count). The minimum Gasteiger partial charge on any atom is -0.309 e. The van der Waals surface area contributed by atoms with Crippen LogP contribution in [0, 0.1) is 0 Å². The Morgan fingerprint density at radius 3 is 2.10 bits per heavy atom. The molecule has 190 valence electrons. The second-order valence-electron chi connectivity index (χ2n) is 10.8. The van der Waals surface area contributed by atoms with Crippen molar-refractivity contribution < 1.29 is 0 Å². The van der Waals surface area contributed by atoms with E-state index in [1.807, 2.05) is 11.3 Å². The number of pyridine rings is 1. The first kappa shape index (κ1) is 21.6. The van der Waals surface area contributed by atoms with Gasteiger partial charge in [-0.2, -0.15) is 0 Å². The van der Waals surface area contributed by atoms with E-state index in [1.54, 1.807) is 0 Å². The molecule has 0 saturated carbocycles. The normalized spacial score (nSPS) is 12.4. The van der Waals surface area contributed by atoms with Gasteiger partial charge in [0.25, 0.3) is 0 Å². The zero-order valence-corrected chi connectivity index (χ0v) is 22.7.